The summed E-state index contributed by atoms with van der Waals surface area (Å²) in [6, 6.07) is 3.48. The molecule has 2 N–H and O–H groups in total. The number of ketones is 1. The molecule has 0 unspecified atom stereocenters. The van der Waals surface area contributed by atoms with Crippen molar-refractivity contribution in [2.45, 2.75) is 51.3 Å². The zero-order valence-electron chi connectivity index (χ0n) is 14.2. The lowest BCUT2D eigenvalue weighted by molar-refractivity contribution is -0.121. The minimum atomic E-state index is -0.507. The number of hydrogen-bond donors (Lipinski definition) is 2. The van der Waals surface area contributed by atoms with Crippen molar-refractivity contribution in [3.8, 4) is 0 Å². The molecule has 134 valence electrons. The van der Waals surface area contributed by atoms with Gasteiger partial charge in [0, 0.05) is 16.9 Å². The predicted octanol–water partition coefficient (Wildman–Crippen LogP) is 1.79. The van der Waals surface area contributed by atoms with Crippen molar-refractivity contribution >= 4 is 32.6 Å². The Morgan fingerprint density at radius 1 is 1.48 bits per heavy atom. The molecule has 0 aliphatic carbocycles. The van der Waals surface area contributed by atoms with Gasteiger partial charge in [-0.3, -0.25) is 14.2 Å². The van der Waals surface area contributed by atoms with E-state index >= 15 is 0 Å². The third kappa shape index (κ3) is 3.99. The van der Waals surface area contributed by atoms with E-state index in [1.807, 2.05) is 13.0 Å². The molecular formula is C18H22BrN3O3. The van der Waals surface area contributed by atoms with E-state index in [1.165, 1.54) is 10.9 Å². The van der Waals surface area contributed by atoms with Gasteiger partial charge in [-0.15, -0.1) is 0 Å². The van der Waals surface area contributed by atoms with Gasteiger partial charge in [0.2, 0.25) is 0 Å². The fraction of sp³-hybridized carbons (Fsp3) is 0.500. The van der Waals surface area contributed by atoms with Crippen LogP contribution in [0.3, 0.4) is 0 Å². The van der Waals surface area contributed by atoms with E-state index in [1.54, 1.807) is 6.07 Å². The summed E-state index contributed by atoms with van der Waals surface area (Å²) in [4.78, 5) is 29.5. The number of Topliss-reactive ketones (excluding diaryl/α,β-unsaturated/α-hetero) is 1. The number of fused-ring (bicyclic) bond motifs is 1. The molecular weight excluding hydrogens is 386 g/mol. The number of halogens is 1. The zero-order valence-corrected chi connectivity index (χ0v) is 15.8. The smallest absolute Gasteiger partial charge is 0.261 e. The largest absolute Gasteiger partial charge is 0.391 e. The van der Waals surface area contributed by atoms with Crippen LogP contribution in [0, 0.1) is 0 Å². The summed E-state index contributed by atoms with van der Waals surface area (Å²) < 4.78 is 2.18. The van der Waals surface area contributed by atoms with Crippen LogP contribution in [0.4, 0.5) is 0 Å². The number of aliphatic hydroxyl groups excluding tert-OH is 1. The van der Waals surface area contributed by atoms with E-state index in [9.17, 15) is 14.7 Å². The van der Waals surface area contributed by atoms with Gasteiger partial charge in [-0.25, -0.2) is 4.98 Å². The maximum Gasteiger partial charge on any atom is 0.261 e. The second-order valence-corrected chi connectivity index (χ2v) is 7.42. The monoisotopic (exact) mass is 407 g/mol. The average Bonchev–Trinajstić information content (AvgIpc) is 2.59. The maximum absolute atomic E-state index is 12.7. The molecule has 2 heterocycles. The second kappa shape index (κ2) is 7.76. The Balaban J connectivity index is 1.83. The molecule has 0 bridgehead atoms. The van der Waals surface area contributed by atoms with E-state index in [0.29, 0.717) is 17.3 Å². The summed E-state index contributed by atoms with van der Waals surface area (Å²) in [5, 5.41) is 13.7. The van der Waals surface area contributed by atoms with Crippen molar-refractivity contribution in [3.63, 3.8) is 0 Å². The molecule has 3 rings (SSSR count). The van der Waals surface area contributed by atoms with E-state index in [4.69, 9.17) is 0 Å². The quantitative estimate of drug-likeness (QED) is 0.788. The lowest BCUT2D eigenvalue weighted by Gasteiger charge is -2.28. The molecule has 1 saturated heterocycles. The van der Waals surface area contributed by atoms with Crippen molar-refractivity contribution in [2.75, 3.05) is 6.54 Å². The number of aliphatic hydroxyl groups is 1. The average molecular weight is 408 g/mol. The molecule has 7 heteroatoms. The van der Waals surface area contributed by atoms with Crippen LogP contribution in [-0.4, -0.2) is 39.1 Å². The number of nitrogens with one attached hydrogen (secondary N) is 1. The Morgan fingerprint density at radius 3 is 3.00 bits per heavy atom. The van der Waals surface area contributed by atoms with Crippen molar-refractivity contribution in [1.29, 1.82) is 0 Å². The van der Waals surface area contributed by atoms with Gasteiger partial charge in [0.25, 0.3) is 5.56 Å². The molecule has 0 spiro atoms. The van der Waals surface area contributed by atoms with Crippen LogP contribution in [-0.2, 0) is 17.8 Å². The molecule has 1 fully saturated rings. The summed E-state index contributed by atoms with van der Waals surface area (Å²) in [7, 11) is 0. The zero-order chi connectivity index (χ0) is 18.0. The molecule has 25 heavy (non-hydrogen) atoms. The third-order valence-corrected chi connectivity index (χ3v) is 5.15. The highest BCUT2D eigenvalue weighted by Gasteiger charge is 2.25. The Kier molecular flexibility index (Phi) is 5.66. The number of aromatic nitrogens is 2. The van der Waals surface area contributed by atoms with Crippen molar-refractivity contribution in [3.05, 3.63) is 38.9 Å². The summed E-state index contributed by atoms with van der Waals surface area (Å²) in [5.41, 5.74) is 1.46. The van der Waals surface area contributed by atoms with Crippen molar-refractivity contribution < 1.29 is 9.90 Å². The van der Waals surface area contributed by atoms with E-state index in [2.05, 4.69) is 26.2 Å². The fourth-order valence-corrected chi connectivity index (χ4v) is 3.84. The van der Waals surface area contributed by atoms with Gasteiger partial charge >= 0.3 is 0 Å². The molecule has 1 aliphatic rings. The lowest BCUT2D eigenvalue weighted by Crippen LogP contribution is -2.46. The van der Waals surface area contributed by atoms with Gasteiger partial charge < -0.3 is 10.4 Å². The maximum atomic E-state index is 12.7. The molecule has 2 atom stereocenters. The first kappa shape index (κ1) is 18.2. The molecule has 1 aromatic heterocycles. The first-order valence-electron chi connectivity index (χ1n) is 8.60. The predicted molar refractivity (Wildman–Crippen MR) is 99.7 cm³/mol. The topological polar surface area (TPSA) is 84.2 Å². The van der Waals surface area contributed by atoms with E-state index in [0.717, 1.165) is 29.4 Å². The minimum Gasteiger partial charge on any atom is -0.391 e. The van der Waals surface area contributed by atoms with Gasteiger partial charge in [0.1, 0.15) is 0 Å². The molecule has 1 aliphatic heterocycles. The van der Waals surface area contributed by atoms with Crippen molar-refractivity contribution in [1.82, 2.24) is 14.9 Å². The second-order valence-electron chi connectivity index (χ2n) is 6.51. The standard InChI is InChI=1S/C18H22BrN3O3/c1-2-11-6-12(19)7-14-17(11)21-10-22(18(14)25)9-13(23)8-15-16(24)4-3-5-20-15/h6-7,10,15-16,20,24H,2-5,8-9H2,1H3/t15-,16+/m1/s1. The fourth-order valence-electron chi connectivity index (χ4n) is 3.33. The summed E-state index contributed by atoms with van der Waals surface area (Å²) in [5.74, 6) is -0.0904. The normalized spacial score (nSPS) is 20.8. The first-order valence-corrected chi connectivity index (χ1v) is 9.39. The molecule has 0 amide bonds. The summed E-state index contributed by atoms with van der Waals surface area (Å²) in [6.07, 6.45) is 3.54. The Hall–Kier alpha value is -1.57. The van der Waals surface area contributed by atoms with Crippen LogP contribution in [0.25, 0.3) is 10.9 Å². The Bertz CT molecular complexity index is 849. The molecule has 2 aromatic rings. The SMILES string of the molecule is CCc1cc(Br)cc2c(=O)n(CC(=O)C[C@H]3NCCC[C@@H]3O)cnc12. The minimum absolute atomic E-state index is 0.0271. The van der Waals surface area contributed by atoms with Crippen LogP contribution in [0.2, 0.25) is 0 Å². The number of carbonyl (C=O) groups is 1. The number of carbonyl (C=O) groups excluding carboxylic acids is 1. The number of piperidine rings is 1. The Labute approximate surface area is 154 Å². The van der Waals surface area contributed by atoms with Gasteiger partial charge in [0.05, 0.1) is 29.9 Å². The van der Waals surface area contributed by atoms with Crippen LogP contribution in [0.15, 0.2) is 27.7 Å². The Morgan fingerprint density at radius 2 is 2.28 bits per heavy atom. The van der Waals surface area contributed by atoms with Gasteiger partial charge in [-0.1, -0.05) is 22.9 Å². The number of nitrogens with zero attached hydrogens (tertiary/aromatic N) is 2. The highest BCUT2D eigenvalue weighted by molar-refractivity contribution is 9.10. The van der Waals surface area contributed by atoms with Crippen LogP contribution in [0.5, 0.6) is 0 Å². The van der Waals surface area contributed by atoms with Gasteiger partial charge in [-0.05, 0) is 43.5 Å². The van der Waals surface area contributed by atoms with Crippen LogP contribution >= 0.6 is 15.9 Å². The van der Waals surface area contributed by atoms with Crippen molar-refractivity contribution in [2.24, 2.45) is 0 Å². The third-order valence-electron chi connectivity index (χ3n) is 4.69. The van der Waals surface area contributed by atoms with Crippen LogP contribution < -0.4 is 10.9 Å². The van der Waals surface area contributed by atoms with E-state index in [-0.39, 0.29) is 30.3 Å². The molecule has 1 aromatic carbocycles. The summed E-state index contributed by atoms with van der Waals surface area (Å²) in [6.45, 7) is 2.79. The van der Waals surface area contributed by atoms with Gasteiger partial charge in [-0.2, -0.15) is 0 Å². The number of aryl methyl sites for hydroxylation is 1. The van der Waals surface area contributed by atoms with Crippen LogP contribution in [0.1, 0.15) is 31.7 Å². The molecule has 0 radical (unpaired) electrons. The highest BCUT2D eigenvalue weighted by atomic mass is 79.9. The lowest BCUT2D eigenvalue weighted by atomic mass is 9.97. The number of benzene rings is 1. The van der Waals surface area contributed by atoms with Gasteiger partial charge in [0.15, 0.2) is 5.78 Å². The highest BCUT2D eigenvalue weighted by Crippen LogP contribution is 2.21. The van der Waals surface area contributed by atoms with E-state index < -0.39 is 6.10 Å². The molecule has 0 saturated carbocycles. The number of hydrogen-bond acceptors (Lipinski definition) is 5. The first-order chi connectivity index (χ1) is 12.0. The summed E-state index contributed by atoms with van der Waals surface area (Å²) >= 11 is 3.43. The number of rotatable bonds is 5. The molecule has 6 nitrogen and oxygen atoms in total.